The lowest BCUT2D eigenvalue weighted by atomic mass is 10.0. The fraction of sp³-hybridized carbons (Fsp3) is 0.500. The van der Waals surface area contributed by atoms with Crippen LogP contribution in [0.4, 0.5) is 0 Å². The van der Waals surface area contributed by atoms with Gasteiger partial charge in [0.25, 0.3) is 5.91 Å². The quantitative estimate of drug-likeness (QED) is 0.840. The number of aliphatic carboxylic acids is 1. The van der Waals surface area contributed by atoms with Gasteiger partial charge in [0.1, 0.15) is 5.75 Å². The van der Waals surface area contributed by atoms with Crippen molar-refractivity contribution in [2.75, 3.05) is 6.61 Å². The van der Waals surface area contributed by atoms with E-state index >= 15 is 0 Å². The summed E-state index contributed by atoms with van der Waals surface area (Å²) >= 11 is 0. The van der Waals surface area contributed by atoms with E-state index in [1.807, 2.05) is 24.3 Å². The summed E-state index contributed by atoms with van der Waals surface area (Å²) in [5.41, 5.74) is 1.21. The van der Waals surface area contributed by atoms with E-state index in [-0.39, 0.29) is 18.6 Å². The first-order chi connectivity index (χ1) is 10.1. The van der Waals surface area contributed by atoms with Gasteiger partial charge in [-0.2, -0.15) is 0 Å². The molecule has 5 nitrogen and oxygen atoms in total. The maximum Gasteiger partial charge on any atom is 0.308 e. The first kappa shape index (κ1) is 15.4. The zero-order valence-electron chi connectivity index (χ0n) is 12.2. The lowest BCUT2D eigenvalue weighted by Gasteiger charge is -2.17. The molecule has 21 heavy (non-hydrogen) atoms. The molecule has 0 spiro atoms. The molecule has 114 valence electrons. The summed E-state index contributed by atoms with van der Waals surface area (Å²) in [7, 11) is 0. The Labute approximate surface area is 124 Å². The second kappa shape index (κ2) is 7.11. The molecule has 1 aliphatic rings. The number of amides is 1. The Morgan fingerprint density at radius 1 is 1.29 bits per heavy atom. The molecule has 2 atom stereocenters. The molecule has 2 unspecified atom stereocenters. The lowest BCUT2D eigenvalue weighted by molar-refractivity contribution is -0.142. The Hall–Kier alpha value is -2.04. The molecule has 0 bridgehead atoms. The third kappa shape index (κ3) is 4.21. The van der Waals surface area contributed by atoms with E-state index in [1.54, 1.807) is 0 Å². The summed E-state index contributed by atoms with van der Waals surface area (Å²) in [5.74, 6) is -0.942. The van der Waals surface area contributed by atoms with Crippen LogP contribution in [0.5, 0.6) is 5.75 Å². The van der Waals surface area contributed by atoms with Gasteiger partial charge in [0.15, 0.2) is 6.61 Å². The first-order valence-corrected chi connectivity index (χ1v) is 7.34. The van der Waals surface area contributed by atoms with Crippen molar-refractivity contribution in [3.05, 3.63) is 29.8 Å². The number of carbonyl (C=O) groups excluding carboxylic acids is 1. The predicted molar refractivity (Wildman–Crippen MR) is 78.2 cm³/mol. The van der Waals surface area contributed by atoms with E-state index in [0.717, 1.165) is 12.8 Å². The molecule has 0 saturated heterocycles. The van der Waals surface area contributed by atoms with Crippen molar-refractivity contribution in [2.45, 2.75) is 38.6 Å². The van der Waals surface area contributed by atoms with Gasteiger partial charge in [0.2, 0.25) is 0 Å². The number of carbonyl (C=O) groups is 2. The average Bonchev–Trinajstić information content (AvgIpc) is 2.94. The van der Waals surface area contributed by atoms with Crippen molar-refractivity contribution in [3.8, 4) is 5.75 Å². The van der Waals surface area contributed by atoms with Crippen LogP contribution in [0.1, 0.15) is 31.7 Å². The van der Waals surface area contributed by atoms with E-state index in [1.165, 1.54) is 5.56 Å². The van der Waals surface area contributed by atoms with Crippen molar-refractivity contribution in [2.24, 2.45) is 5.92 Å². The fourth-order valence-corrected chi connectivity index (χ4v) is 2.65. The highest BCUT2D eigenvalue weighted by Gasteiger charge is 2.33. The average molecular weight is 291 g/mol. The topological polar surface area (TPSA) is 75.6 Å². The molecule has 1 aromatic rings. The highest BCUT2D eigenvalue weighted by molar-refractivity contribution is 5.79. The van der Waals surface area contributed by atoms with Crippen molar-refractivity contribution < 1.29 is 19.4 Å². The number of carboxylic acid groups (broad SMARTS) is 1. The highest BCUT2D eigenvalue weighted by Crippen LogP contribution is 2.25. The molecule has 1 aromatic carbocycles. The minimum absolute atomic E-state index is 0.0890. The maximum absolute atomic E-state index is 11.8. The molecule has 2 N–H and O–H groups in total. The van der Waals surface area contributed by atoms with Crippen molar-refractivity contribution in [1.82, 2.24) is 5.32 Å². The van der Waals surface area contributed by atoms with Crippen LogP contribution in [-0.4, -0.2) is 29.6 Å². The van der Waals surface area contributed by atoms with Crippen LogP contribution >= 0.6 is 0 Å². The van der Waals surface area contributed by atoms with E-state index in [2.05, 4.69) is 12.2 Å². The van der Waals surface area contributed by atoms with Gasteiger partial charge in [0, 0.05) is 6.04 Å². The summed E-state index contributed by atoms with van der Waals surface area (Å²) in [6.45, 7) is 1.98. The Kier molecular flexibility index (Phi) is 5.20. The highest BCUT2D eigenvalue weighted by atomic mass is 16.5. The number of ether oxygens (including phenoxy) is 1. The smallest absolute Gasteiger partial charge is 0.308 e. The van der Waals surface area contributed by atoms with Crippen LogP contribution < -0.4 is 10.1 Å². The second-order valence-electron chi connectivity index (χ2n) is 5.34. The third-order valence-electron chi connectivity index (χ3n) is 3.88. The summed E-state index contributed by atoms with van der Waals surface area (Å²) in [4.78, 5) is 22.9. The third-order valence-corrected chi connectivity index (χ3v) is 3.88. The second-order valence-corrected chi connectivity index (χ2v) is 5.34. The number of benzene rings is 1. The van der Waals surface area contributed by atoms with Gasteiger partial charge in [-0.05, 0) is 37.0 Å². The molecule has 1 aliphatic carbocycles. The van der Waals surface area contributed by atoms with Crippen LogP contribution in [0.3, 0.4) is 0 Å². The zero-order valence-corrected chi connectivity index (χ0v) is 12.2. The summed E-state index contributed by atoms with van der Waals surface area (Å²) in [5, 5.41) is 11.8. The van der Waals surface area contributed by atoms with Crippen molar-refractivity contribution in [3.63, 3.8) is 0 Å². The SMILES string of the molecule is CCc1ccc(OCC(=O)NC2CCCC2C(=O)O)cc1. The van der Waals surface area contributed by atoms with Gasteiger partial charge in [-0.15, -0.1) is 0 Å². The van der Waals surface area contributed by atoms with Crippen LogP contribution in [0.15, 0.2) is 24.3 Å². The minimum Gasteiger partial charge on any atom is -0.484 e. The molecule has 5 heteroatoms. The van der Waals surface area contributed by atoms with E-state index < -0.39 is 11.9 Å². The standard InChI is InChI=1S/C16H21NO4/c1-2-11-6-8-12(9-7-11)21-10-15(18)17-14-5-3-4-13(14)16(19)20/h6-9,13-14H,2-5,10H2,1H3,(H,17,18)(H,19,20). The van der Waals surface area contributed by atoms with E-state index in [9.17, 15) is 9.59 Å². The van der Waals surface area contributed by atoms with Gasteiger partial charge < -0.3 is 15.2 Å². The van der Waals surface area contributed by atoms with Crippen LogP contribution in [-0.2, 0) is 16.0 Å². The predicted octanol–water partition coefficient (Wildman–Crippen LogP) is 2.00. The van der Waals surface area contributed by atoms with E-state index in [0.29, 0.717) is 18.6 Å². The fourth-order valence-electron chi connectivity index (χ4n) is 2.65. The Morgan fingerprint density at radius 2 is 2.00 bits per heavy atom. The molecule has 1 saturated carbocycles. The monoisotopic (exact) mass is 291 g/mol. The molecular weight excluding hydrogens is 270 g/mol. The normalized spacial score (nSPS) is 21.0. The van der Waals surface area contributed by atoms with Crippen LogP contribution in [0.25, 0.3) is 0 Å². The van der Waals surface area contributed by atoms with Gasteiger partial charge in [0.05, 0.1) is 5.92 Å². The number of hydrogen-bond acceptors (Lipinski definition) is 3. The molecule has 2 rings (SSSR count). The molecule has 1 fully saturated rings. The minimum atomic E-state index is -0.839. The van der Waals surface area contributed by atoms with Gasteiger partial charge >= 0.3 is 5.97 Å². The number of hydrogen-bond donors (Lipinski definition) is 2. The van der Waals surface area contributed by atoms with Crippen molar-refractivity contribution >= 4 is 11.9 Å². The maximum atomic E-state index is 11.8. The van der Waals surface area contributed by atoms with Crippen LogP contribution in [0, 0.1) is 5.92 Å². The number of nitrogens with one attached hydrogen (secondary N) is 1. The Bertz CT molecular complexity index is 498. The Morgan fingerprint density at radius 3 is 2.62 bits per heavy atom. The molecular formula is C16H21NO4. The molecule has 0 radical (unpaired) electrons. The Balaban J connectivity index is 1.80. The van der Waals surface area contributed by atoms with Gasteiger partial charge in [-0.25, -0.2) is 0 Å². The van der Waals surface area contributed by atoms with E-state index in [4.69, 9.17) is 9.84 Å². The van der Waals surface area contributed by atoms with Crippen LogP contribution in [0.2, 0.25) is 0 Å². The zero-order chi connectivity index (χ0) is 15.2. The first-order valence-electron chi connectivity index (χ1n) is 7.34. The molecule has 1 amide bonds. The number of rotatable bonds is 6. The molecule has 0 aromatic heterocycles. The summed E-state index contributed by atoms with van der Waals surface area (Å²) in [6, 6.07) is 7.32. The molecule has 0 aliphatic heterocycles. The number of aryl methyl sites for hydroxylation is 1. The molecule has 0 heterocycles. The summed E-state index contributed by atoms with van der Waals surface area (Å²) < 4.78 is 5.41. The van der Waals surface area contributed by atoms with Crippen molar-refractivity contribution in [1.29, 1.82) is 0 Å². The number of carboxylic acids is 1. The van der Waals surface area contributed by atoms with Gasteiger partial charge in [-0.3, -0.25) is 9.59 Å². The largest absolute Gasteiger partial charge is 0.484 e. The van der Waals surface area contributed by atoms with Gasteiger partial charge in [-0.1, -0.05) is 25.5 Å². The summed E-state index contributed by atoms with van der Waals surface area (Å²) in [6.07, 6.45) is 3.13. The lowest BCUT2D eigenvalue weighted by Crippen LogP contribution is -2.42.